The normalized spacial score (nSPS) is 9.63. The largest absolute Gasteiger partial charge is 0.452 e. The molecule has 1 aromatic carbocycles. The first-order valence-corrected chi connectivity index (χ1v) is 5.84. The zero-order valence-corrected chi connectivity index (χ0v) is 11.3. The predicted molar refractivity (Wildman–Crippen MR) is 68.7 cm³/mol. The van der Waals surface area contributed by atoms with Crippen molar-refractivity contribution in [2.45, 2.75) is 6.92 Å². The summed E-state index contributed by atoms with van der Waals surface area (Å²) in [6.07, 6.45) is 0. The standard InChI is InChI=1S/C11H10Cl2N2O4/c1-6(16)14-15-9(17)5-19-11(18)7-3-2-4-8(12)10(7)13/h2-4H,5H2,1H3,(H,14,16)(H,15,17). The van der Waals surface area contributed by atoms with Crippen LogP contribution in [0.25, 0.3) is 0 Å². The molecule has 2 amide bonds. The molecule has 19 heavy (non-hydrogen) atoms. The van der Waals surface area contributed by atoms with Crippen LogP contribution in [0.4, 0.5) is 0 Å². The van der Waals surface area contributed by atoms with Crippen LogP contribution >= 0.6 is 23.2 Å². The van der Waals surface area contributed by atoms with Gasteiger partial charge in [0.1, 0.15) is 0 Å². The number of halogens is 2. The fourth-order valence-electron chi connectivity index (χ4n) is 1.06. The summed E-state index contributed by atoms with van der Waals surface area (Å²) < 4.78 is 4.71. The van der Waals surface area contributed by atoms with Crippen LogP contribution in [0.2, 0.25) is 10.0 Å². The van der Waals surface area contributed by atoms with Gasteiger partial charge in [-0.25, -0.2) is 4.79 Å². The van der Waals surface area contributed by atoms with E-state index in [2.05, 4.69) is 5.43 Å². The Morgan fingerprint density at radius 1 is 1.21 bits per heavy atom. The number of carbonyl (C=O) groups is 3. The minimum atomic E-state index is -0.787. The summed E-state index contributed by atoms with van der Waals surface area (Å²) in [5, 5.41) is 0.259. The maximum Gasteiger partial charge on any atom is 0.340 e. The van der Waals surface area contributed by atoms with Gasteiger partial charge < -0.3 is 4.74 Å². The number of hydrogen-bond acceptors (Lipinski definition) is 4. The number of amides is 2. The molecule has 0 radical (unpaired) electrons. The van der Waals surface area contributed by atoms with E-state index in [9.17, 15) is 14.4 Å². The second kappa shape index (κ2) is 6.96. The lowest BCUT2D eigenvalue weighted by molar-refractivity contribution is -0.129. The Bertz CT molecular complexity index is 519. The van der Waals surface area contributed by atoms with Gasteiger partial charge in [-0.2, -0.15) is 0 Å². The maximum absolute atomic E-state index is 11.6. The van der Waals surface area contributed by atoms with E-state index in [1.807, 2.05) is 5.43 Å². The minimum Gasteiger partial charge on any atom is -0.452 e. The van der Waals surface area contributed by atoms with Crippen molar-refractivity contribution in [2.24, 2.45) is 0 Å². The number of rotatable bonds is 3. The Labute approximate surface area is 119 Å². The van der Waals surface area contributed by atoms with Crippen molar-refractivity contribution in [1.29, 1.82) is 0 Å². The van der Waals surface area contributed by atoms with Crippen LogP contribution in [0.15, 0.2) is 18.2 Å². The number of hydrogen-bond donors (Lipinski definition) is 2. The Morgan fingerprint density at radius 2 is 1.89 bits per heavy atom. The molecule has 0 atom stereocenters. The zero-order chi connectivity index (χ0) is 14.4. The Balaban J connectivity index is 2.54. The van der Waals surface area contributed by atoms with Crippen LogP contribution < -0.4 is 10.9 Å². The van der Waals surface area contributed by atoms with Gasteiger partial charge in [0.05, 0.1) is 15.6 Å². The van der Waals surface area contributed by atoms with Crippen molar-refractivity contribution in [3.05, 3.63) is 33.8 Å². The van der Waals surface area contributed by atoms with Gasteiger partial charge in [0, 0.05) is 6.92 Å². The van der Waals surface area contributed by atoms with Gasteiger partial charge >= 0.3 is 5.97 Å². The third kappa shape index (κ3) is 4.76. The van der Waals surface area contributed by atoms with Crippen molar-refractivity contribution >= 4 is 41.0 Å². The number of hydrazine groups is 1. The minimum absolute atomic E-state index is 0.0523. The number of carbonyl (C=O) groups excluding carboxylic acids is 3. The lowest BCUT2D eigenvalue weighted by atomic mass is 10.2. The highest BCUT2D eigenvalue weighted by Crippen LogP contribution is 2.25. The van der Waals surface area contributed by atoms with E-state index in [0.717, 1.165) is 0 Å². The summed E-state index contributed by atoms with van der Waals surface area (Å²) in [5.74, 6) is -1.91. The molecule has 0 aliphatic heterocycles. The summed E-state index contributed by atoms with van der Waals surface area (Å²) >= 11 is 11.6. The molecule has 0 unspecified atom stereocenters. The Kier molecular flexibility index (Phi) is 5.59. The fourth-order valence-corrected chi connectivity index (χ4v) is 1.44. The van der Waals surface area contributed by atoms with E-state index in [0.29, 0.717) is 0 Å². The van der Waals surface area contributed by atoms with Crippen LogP contribution in [0.5, 0.6) is 0 Å². The molecule has 0 heterocycles. The highest BCUT2D eigenvalue weighted by molar-refractivity contribution is 6.43. The molecule has 1 aromatic rings. The summed E-state index contributed by atoms with van der Waals surface area (Å²) in [5.41, 5.74) is 4.15. The highest BCUT2D eigenvalue weighted by atomic mass is 35.5. The monoisotopic (exact) mass is 304 g/mol. The number of benzene rings is 1. The Morgan fingerprint density at radius 3 is 2.53 bits per heavy atom. The number of ether oxygens (including phenoxy) is 1. The van der Waals surface area contributed by atoms with Gasteiger partial charge in [0.15, 0.2) is 6.61 Å². The summed E-state index contributed by atoms with van der Waals surface area (Å²) in [7, 11) is 0. The molecule has 0 aromatic heterocycles. The SMILES string of the molecule is CC(=O)NNC(=O)COC(=O)c1cccc(Cl)c1Cl. The second-order valence-electron chi connectivity index (χ2n) is 3.41. The first-order chi connectivity index (χ1) is 8.91. The molecular formula is C11H10Cl2N2O4. The third-order valence-electron chi connectivity index (χ3n) is 1.88. The summed E-state index contributed by atoms with van der Waals surface area (Å²) in [6.45, 7) is 0.667. The molecule has 1 rings (SSSR count). The summed E-state index contributed by atoms with van der Waals surface area (Å²) in [4.78, 5) is 33.3. The van der Waals surface area contributed by atoms with E-state index in [1.54, 1.807) is 0 Å². The quantitative estimate of drug-likeness (QED) is 0.651. The van der Waals surface area contributed by atoms with Gasteiger partial charge in [-0.05, 0) is 12.1 Å². The molecule has 6 nitrogen and oxygen atoms in total. The fraction of sp³-hybridized carbons (Fsp3) is 0.182. The average molecular weight is 305 g/mol. The van der Waals surface area contributed by atoms with Crippen LogP contribution in [0.3, 0.4) is 0 Å². The molecule has 0 saturated heterocycles. The van der Waals surface area contributed by atoms with E-state index in [-0.39, 0.29) is 15.6 Å². The Hall–Kier alpha value is -1.79. The highest BCUT2D eigenvalue weighted by Gasteiger charge is 2.15. The lowest BCUT2D eigenvalue weighted by Crippen LogP contribution is -2.42. The smallest absolute Gasteiger partial charge is 0.340 e. The van der Waals surface area contributed by atoms with Gasteiger partial charge in [-0.1, -0.05) is 29.3 Å². The van der Waals surface area contributed by atoms with Crippen molar-refractivity contribution in [1.82, 2.24) is 10.9 Å². The summed E-state index contributed by atoms with van der Waals surface area (Å²) in [6, 6.07) is 4.47. The third-order valence-corrected chi connectivity index (χ3v) is 2.70. The zero-order valence-electron chi connectivity index (χ0n) is 9.83. The molecule has 0 saturated carbocycles. The van der Waals surface area contributed by atoms with Gasteiger partial charge in [0.25, 0.3) is 5.91 Å². The second-order valence-corrected chi connectivity index (χ2v) is 4.19. The predicted octanol–water partition coefficient (Wildman–Crippen LogP) is 1.32. The van der Waals surface area contributed by atoms with Gasteiger partial charge in [-0.15, -0.1) is 0 Å². The molecule has 0 spiro atoms. The van der Waals surface area contributed by atoms with Gasteiger partial charge in [0.2, 0.25) is 5.91 Å². The molecule has 0 fully saturated rings. The van der Waals surface area contributed by atoms with E-state index in [1.165, 1.54) is 25.1 Å². The van der Waals surface area contributed by atoms with Crippen LogP contribution in [0.1, 0.15) is 17.3 Å². The number of esters is 1. The molecular weight excluding hydrogens is 295 g/mol. The molecule has 0 bridgehead atoms. The molecule has 8 heteroatoms. The molecule has 102 valence electrons. The molecule has 2 N–H and O–H groups in total. The van der Waals surface area contributed by atoms with Crippen molar-refractivity contribution in [3.8, 4) is 0 Å². The van der Waals surface area contributed by atoms with Crippen LogP contribution in [-0.4, -0.2) is 24.4 Å². The van der Waals surface area contributed by atoms with Crippen LogP contribution in [-0.2, 0) is 14.3 Å². The maximum atomic E-state index is 11.6. The lowest BCUT2D eigenvalue weighted by Gasteiger charge is -2.07. The van der Waals surface area contributed by atoms with Gasteiger partial charge in [-0.3, -0.25) is 20.4 Å². The van der Waals surface area contributed by atoms with Crippen LogP contribution in [0, 0.1) is 0 Å². The van der Waals surface area contributed by atoms with Crippen molar-refractivity contribution < 1.29 is 19.1 Å². The van der Waals surface area contributed by atoms with E-state index in [4.69, 9.17) is 27.9 Å². The molecule has 0 aliphatic rings. The first-order valence-electron chi connectivity index (χ1n) is 5.08. The topological polar surface area (TPSA) is 84.5 Å². The molecule has 0 aliphatic carbocycles. The van der Waals surface area contributed by atoms with E-state index >= 15 is 0 Å². The van der Waals surface area contributed by atoms with E-state index < -0.39 is 24.4 Å². The van der Waals surface area contributed by atoms with Crippen molar-refractivity contribution in [3.63, 3.8) is 0 Å². The number of nitrogens with one attached hydrogen (secondary N) is 2. The average Bonchev–Trinajstić information content (AvgIpc) is 2.36. The first kappa shape index (κ1) is 15.3. The van der Waals surface area contributed by atoms with Crippen molar-refractivity contribution in [2.75, 3.05) is 6.61 Å².